The number of hydrogen-bond acceptors (Lipinski definition) is 2. The summed E-state index contributed by atoms with van der Waals surface area (Å²) in [5.41, 5.74) is 2.09. The standard InChI is InChI=1S/C19H23N3O/c1-2-3-6-13-21-19(23)11-10-16-15-22(14-7-12-20)18-9-5-4-8-17(16)18/h4-5,8-11,15H,2-3,6-7,13-14H2,1H3,(H,21,23)/b11-10+. The van der Waals surface area contributed by atoms with Crippen LogP contribution in [0.2, 0.25) is 0 Å². The molecule has 120 valence electrons. The highest BCUT2D eigenvalue weighted by molar-refractivity contribution is 5.96. The second-order valence-corrected chi connectivity index (χ2v) is 5.53. The van der Waals surface area contributed by atoms with Gasteiger partial charge in [0.25, 0.3) is 0 Å². The number of carbonyl (C=O) groups excluding carboxylic acids is 1. The van der Waals surface area contributed by atoms with Crippen molar-refractivity contribution >= 4 is 22.9 Å². The molecule has 0 aliphatic heterocycles. The number of rotatable bonds is 8. The Kier molecular flexibility index (Phi) is 6.43. The van der Waals surface area contributed by atoms with Crippen LogP contribution in [-0.4, -0.2) is 17.0 Å². The minimum atomic E-state index is -0.0602. The third kappa shape index (κ3) is 4.72. The molecular weight excluding hydrogens is 286 g/mol. The molecule has 1 aromatic carbocycles. The third-order valence-corrected chi connectivity index (χ3v) is 3.78. The summed E-state index contributed by atoms with van der Waals surface area (Å²) in [5.74, 6) is -0.0602. The normalized spacial score (nSPS) is 11.0. The van der Waals surface area contributed by atoms with Crippen molar-refractivity contribution < 1.29 is 4.79 Å². The van der Waals surface area contributed by atoms with Gasteiger partial charge in [-0.15, -0.1) is 0 Å². The number of benzene rings is 1. The molecule has 0 saturated heterocycles. The highest BCUT2D eigenvalue weighted by Gasteiger charge is 2.06. The zero-order valence-corrected chi connectivity index (χ0v) is 13.6. The summed E-state index contributed by atoms with van der Waals surface area (Å²) >= 11 is 0. The Labute approximate surface area is 137 Å². The molecule has 0 unspecified atom stereocenters. The van der Waals surface area contributed by atoms with Gasteiger partial charge >= 0.3 is 0 Å². The Morgan fingerprint density at radius 2 is 2.17 bits per heavy atom. The Hall–Kier alpha value is -2.54. The van der Waals surface area contributed by atoms with Crippen molar-refractivity contribution in [3.63, 3.8) is 0 Å². The number of nitrogens with zero attached hydrogens (tertiary/aromatic N) is 2. The Morgan fingerprint density at radius 1 is 1.35 bits per heavy atom. The minimum absolute atomic E-state index is 0.0602. The van der Waals surface area contributed by atoms with E-state index in [1.54, 1.807) is 6.08 Å². The first kappa shape index (κ1) is 16.8. The second-order valence-electron chi connectivity index (χ2n) is 5.53. The molecule has 0 saturated carbocycles. The van der Waals surface area contributed by atoms with Crippen molar-refractivity contribution in [2.24, 2.45) is 0 Å². The van der Waals surface area contributed by atoms with Gasteiger partial charge in [0.15, 0.2) is 0 Å². The predicted octanol–water partition coefficient (Wildman–Crippen LogP) is 3.87. The fraction of sp³-hybridized carbons (Fsp3) is 0.368. The van der Waals surface area contributed by atoms with E-state index < -0.39 is 0 Å². The Bertz CT molecular complexity index is 722. The molecule has 1 N–H and O–H groups in total. The first-order valence-electron chi connectivity index (χ1n) is 8.17. The number of unbranched alkanes of at least 4 members (excludes halogenated alkanes) is 2. The van der Waals surface area contributed by atoms with Crippen molar-refractivity contribution in [3.05, 3.63) is 42.1 Å². The molecule has 0 aliphatic carbocycles. The van der Waals surface area contributed by atoms with Crippen molar-refractivity contribution in [1.29, 1.82) is 5.26 Å². The number of carbonyl (C=O) groups is 1. The fourth-order valence-electron chi connectivity index (χ4n) is 2.57. The molecule has 4 heteroatoms. The maximum atomic E-state index is 11.8. The van der Waals surface area contributed by atoms with Crippen molar-refractivity contribution in [2.45, 2.75) is 39.2 Å². The maximum absolute atomic E-state index is 11.8. The second kappa shape index (κ2) is 8.79. The minimum Gasteiger partial charge on any atom is -0.353 e. The number of amides is 1. The van der Waals surface area contributed by atoms with Crippen molar-refractivity contribution in [2.75, 3.05) is 6.54 Å². The van der Waals surface area contributed by atoms with Gasteiger partial charge in [0.2, 0.25) is 5.91 Å². The van der Waals surface area contributed by atoms with Crippen LogP contribution in [0.25, 0.3) is 17.0 Å². The lowest BCUT2D eigenvalue weighted by atomic mass is 10.1. The van der Waals surface area contributed by atoms with Gasteiger partial charge in [-0.2, -0.15) is 5.26 Å². The molecule has 0 atom stereocenters. The van der Waals surface area contributed by atoms with E-state index in [0.29, 0.717) is 13.0 Å². The number of nitriles is 1. The van der Waals surface area contributed by atoms with E-state index in [1.165, 1.54) is 0 Å². The van der Waals surface area contributed by atoms with Crippen molar-refractivity contribution in [1.82, 2.24) is 9.88 Å². The summed E-state index contributed by atoms with van der Waals surface area (Å²) in [7, 11) is 0. The predicted molar refractivity (Wildman–Crippen MR) is 93.7 cm³/mol. The maximum Gasteiger partial charge on any atom is 0.244 e. The lowest BCUT2D eigenvalue weighted by Crippen LogP contribution is -2.21. The summed E-state index contributed by atoms with van der Waals surface area (Å²) in [4.78, 5) is 11.8. The SMILES string of the molecule is CCCCCNC(=O)/C=C/c1cn(CCC#N)c2ccccc12. The fourth-order valence-corrected chi connectivity index (χ4v) is 2.57. The molecule has 1 heterocycles. The van der Waals surface area contributed by atoms with Crippen LogP contribution in [-0.2, 0) is 11.3 Å². The van der Waals surface area contributed by atoms with Crippen LogP contribution in [0.3, 0.4) is 0 Å². The molecule has 4 nitrogen and oxygen atoms in total. The number of hydrogen-bond donors (Lipinski definition) is 1. The first-order valence-corrected chi connectivity index (χ1v) is 8.17. The van der Waals surface area contributed by atoms with Crippen LogP contribution >= 0.6 is 0 Å². The van der Waals surface area contributed by atoms with Crippen molar-refractivity contribution in [3.8, 4) is 6.07 Å². The Morgan fingerprint density at radius 3 is 2.96 bits per heavy atom. The monoisotopic (exact) mass is 309 g/mol. The van der Waals surface area contributed by atoms with E-state index >= 15 is 0 Å². The van der Waals surface area contributed by atoms with Crippen LogP contribution in [0.1, 0.15) is 38.2 Å². The molecule has 0 fully saturated rings. The average molecular weight is 309 g/mol. The number of nitrogens with one attached hydrogen (secondary N) is 1. The molecule has 23 heavy (non-hydrogen) atoms. The third-order valence-electron chi connectivity index (χ3n) is 3.78. The highest BCUT2D eigenvalue weighted by atomic mass is 16.1. The molecule has 0 radical (unpaired) electrons. The van der Waals surface area contributed by atoms with Crippen LogP contribution in [0.15, 0.2) is 36.5 Å². The highest BCUT2D eigenvalue weighted by Crippen LogP contribution is 2.22. The molecular formula is C19H23N3O. The summed E-state index contributed by atoms with van der Waals surface area (Å²) in [6.45, 7) is 3.53. The molecule has 0 aliphatic rings. The van der Waals surface area contributed by atoms with Gasteiger partial charge in [-0.1, -0.05) is 38.0 Å². The quantitative estimate of drug-likeness (QED) is 0.594. The van der Waals surface area contributed by atoms with Crippen LogP contribution in [0.5, 0.6) is 0 Å². The number of para-hydroxylation sites is 1. The molecule has 2 rings (SSSR count). The molecule has 0 spiro atoms. The van der Waals surface area contributed by atoms with E-state index in [1.807, 2.05) is 36.5 Å². The molecule has 1 aromatic heterocycles. The summed E-state index contributed by atoms with van der Waals surface area (Å²) in [6.07, 6.45) is 9.21. The van der Waals surface area contributed by atoms with Gasteiger partial charge in [0, 0.05) is 41.8 Å². The largest absolute Gasteiger partial charge is 0.353 e. The van der Waals surface area contributed by atoms with Gasteiger partial charge in [0.05, 0.1) is 12.5 Å². The Balaban J connectivity index is 2.09. The van der Waals surface area contributed by atoms with Gasteiger partial charge in [-0.05, 0) is 18.6 Å². The van der Waals surface area contributed by atoms with Gasteiger partial charge in [-0.25, -0.2) is 0 Å². The van der Waals surface area contributed by atoms with Crippen LogP contribution < -0.4 is 5.32 Å². The molecule has 1 amide bonds. The van der Waals surface area contributed by atoms with E-state index in [-0.39, 0.29) is 5.91 Å². The zero-order chi connectivity index (χ0) is 16.5. The number of aromatic nitrogens is 1. The summed E-state index contributed by atoms with van der Waals surface area (Å²) in [5, 5.41) is 12.8. The van der Waals surface area contributed by atoms with E-state index in [9.17, 15) is 4.79 Å². The first-order chi connectivity index (χ1) is 11.3. The average Bonchev–Trinajstić information content (AvgIpc) is 2.93. The zero-order valence-electron chi connectivity index (χ0n) is 13.6. The number of fused-ring (bicyclic) bond motifs is 1. The van der Waals surface area contributed by atoms with E-state index in [2.05, 4.69) is 22.9 Å². The lowest BCUT2D eigenvalue weighted by molar-refractivity contribution is -0.116. The van der Waals surface area contributed by atoms with Gasteiger partial charge in [0.1, 0.15) is 0 Å². The van der Waals surface area contributed by atoms with Crippen LogP contribution in [0, 0.1) is 11.3 Å². The van der Waals surface area contributed by atoms with Gasteiger partial charge < -0.3 is 9.88 Å². The summed E-state index contributed by atoms with van der Waals surface area (Å²) in [6, 6.07) is 10.2. The van der Waals surface area contributed by atoms with Crippen LogP contribution in [0.4, 0.5) is 0 Å². The van der Waals surface area contributed by atoms with Gasteiger partial charge in [-0.3, -0.25) is 4.79 Å². The smallest absolute Gasteiger partial charge is 0.244 e. The van der Waals surface area contributed by atoms with E-state index in [4.69, 9.17) is 5.26 Å². The number of aryl methyl sites for hydroxylation is 1. The summed E-state index contributed by atoms with van der Waals surface area (Å²) < 4.78 is 2.07. The lowest BCUT2D eigenvalue weighted by Gasteiger charge is -2.00. The topological polar surface area (TPSA) is 57.8 Å². The van der Waals surface area contributed by atoms with E-state index in [0.717, 1.165) is 42.3 Å². The molecule has 0 bridgehead atoms. The molecule has 2 aromatic rings.